The minimum absolute atomic E-state index is 0.0649. The third-order valence-corrected chi connectivity index (χ3v) is 5.35. The number of aromatic amines is 1. The zero-order valence-corrected chi connectivity index (χ0v) is 17.6. The van der Waals surface area contributed by atoms with Crippen molar-refractivity contribution in [2.45, 2.75) is 12.8 Å². The number of aryl methyl sites for hydroxylation is 1. The predicted octanol–water partition coefficient (Wildman–Crippen LogP) is 3.75. The third-order valence-electron chi connectivity index (χ3n) is 3.93. The molecular formula is C20H21BrN4O2S. The maximum atomic E-state index is 11.9. The zero-order chi connectivity index (χ0) is 19.8. The molecule has 0 saturated carbocycles. The summed E-state index contributed by atoms with van der Waals surface area (Å²) < 4.78 is 0.903. The summed E-state index contributed by atoms with van der Waals surface area (Å²) in [5.74, 6) is 1.23. The van der Waals surface area contributed by atoms with Crippen LogP contribution in [0, 0.1) is 0 Å². The summed E-state index contributed by atoms with van der Waals surface area (Å²) in [4.78, 5) is 31.6. The van der Waals surface area contributed by atoms with Crippen LogP contribution in [0.2, 0.25) is 0 Å². The van der Waals surface area contributed by atoms with E-state index in [1.807, 2.05) is 48.5 Å². The summed E-state index contributed by atoms with van der Waals surface area (Å²) in [7, 11) is 0. The molecule has 3 aromatic rings. The number of benzene rings is 2. The van der Waals surface area contributed by atoms with Crippen LogP contribution >= 0.6 is 27.7 Å². The van der Waals surface area contributed by atoms with Gasteiger partial charge in [0, 0.05) is 23.1 Å². The fourth-order valence-electron chi connectivity index (χ4n) is 2.66. The Morgan fingerprint density at radius 3 is 2.71 bits per heavy atom. The first kappa shape index (κ1) is 20.4. The molecule has 0 radical (unpaired) electrons. The molecule has 28 heavy (non-hydrogen) atoms. The van der Waals surface area contributed by atoms with E-state index in [9.17, 15) is 9.59 Å². The first-order valence-electron chi connectivity index (χ1n) is 8.93. The quantitative estimate of drug-likeness (QED) is 0.424. The number of anilines is 1. The summed E-state index contributed by atoms with van der Waals surface area (Å²) in [5, 5.41) is 5.68. The van der Waals surface area contributed by atoms with E-state index in [1.54, 1.807) is 0 Å². The summed E-state index contributed by atoms with van der Waals surface area (Å²) >= 11 is 4.66. The van der Waals surface area contributed by atoms with Crippen LogP contribution in [0.4, 0.5) is 5.69 Å². The number of aromatic nitrogens is 2. The first-order valence-corrected chi connectivity index (χ1v) is 10.9. The number of carbonyl (C=O) groups excluding carboxylic acids is 2. The van der Waals surface area contributed by atoms with Crippen LogP contribution in [0.5, 0.6) is 0 Å². The van der Waals surface area contributed by atoms with E-state index in [2.05, 4.69) is 36.5 Å². The van der Waals surface area contributed by atoms with Crippen LogP contribution in [0.3, 0.4) is 0 Å². The maximum absolute atomic E-state index is 11.9. The normalized spacial score (nSPS) is 10.8. The Bertz CT molecular complexity index is 927. The molecule has 2 amide bonds. The van der Waals surface area contributed by atoms with Gasteiger partial charge in [-0.05, 0) is 36.8 Å². The van der Waals surface area contributed by atoms with Crippen molar-refractivity contribution in [3.05, 3.63) is 58.8 Å². The Morgan fingerprint density at radius 2 is 1.89 bits per heavy atom. The van der Waals surface area contributed by atoms with Crippen molar-refractivity contribution in [1.82, 2.24) is 15.3 Å². The summed E-state index contributed by atoms with van der Waals surface area (Å²) in [6, 6.07) is 15.3. The number of imidazole rings is 1. The predicted molar refractivity (Wildman–Crippen MR) is 118 cm³/mol. The molecule has 0 unspecified atom stereocenters. The summed E-state index contributed by atoms with van der Waals surface area (Å²) in [6.45, 7) is 0.584. The van der Waals surface area contributed by atoms with Gasteiger partial charge in [-0.15, -0.1) is 11.8 Å². The molecule has 0 fully saturated rings. The van der Waals surface area contributed by atoms with Crippen LogP contribution in [0.25, 0.3) is 11.0 Å². The van der Waals surface area contributed by atoms with Crippen molar-refractivity contribution in [3.8, 4) is 0 Å². The van der Waals surface area contributed by atoms with Gasteiger partial charge in [-0.25, -0.2) is 4.98 Å². The number of nitrogens with zero attached hydrogens (tertiary/aromatic N) is 1. The number of hydrogen-bond donors (Lipinski definition) is 3. The third kappa shape index (κ3) is 6.38. The molecule has 0 aliphatic heterocycles. The van der Waals surface area contributed by atoms with Crippen molar-refractivity contribution in [2.24, 2.45) is 0 Å². The Morgan fingerprint density at radius 1 is 1.07 bits per heavy atom. The van der Waals surface area contributed by atoms with Gasteiger partial charge in [-0.2, -0.15) is 0 Å². The SMILES string of the molecule is O=C(CSCC(=O)Nc1cccc(Br)c1)NCCCc1nc2ccccc2[nH]1. The lowest BCUT2D eigenvalue weighted by Gasteiger charge is -2.06. The highest BCUT2D eigenvalue weighted by molar-refractivity contribution is 9.10. The van der Waals surface area contributed by atoms with Gasteiger partial charge in [0.2, 0.25) is 11.8 Å². The number of H-pyrrole nitrogens is 1. The van der Waals surface area contributed by atoms with Gasteiger partial charge in [0.05, 0.1) is 22.5 Å². The van der Waals surface area contributed by atoms with E-state index in [-0.39, 0.29) is 23.3 Å². The zero-order valence-electron chi connectivity index (χ0n) is 15.2. The van der Waals surface area contributed by atoms with Crippen LogP contribution in [0.15, 0.2) is 53.0 Å². The molecule has 0 bridgehead atoms. The lowest BCUT2D eigenvalue weighted by Crippen LogP contribution is -2.27. The fraction of sp³-hybridized carbons (Fsp3) is 0.250. The highest BCUT2D eigenvalue weighted by Crippen LogP contribution is 2.16. The number of amides is 2. The second-order valence-electron chi connectivity index (χ2n) is 6.21. The molecular weight excluding hydrogens is 440 g/mol. The standard InChI is InChI=1S/C20H21BrN4O2S/c21-14-5-3-6-15(11-14)23-20(27)13-28-12-19(26)22-10-4-9-18-24-16-7-1-2-8-17(16)25-18/h1-3,5-8,11H,4,9-10,12-13H2,(H,22,26)(H,23,27)(H,24,25). The Kier molecular flexibility index (Phi) is 7.50. The molecule has 1 aromatic heterocycles. The second kappa shape index (κ2) is 10.3. The number of fused-ring (bicyclic) bond motifs is 1. The molecule has 1 heterocycles. The molecule has 8 heteroatoms. The second-order valence-corrected chi connectivity index (χ2v) is 8.11. The minimum atomic E-state index is -0.124. The number of para-hydroxylation sites is 2. The van der Waals surface area contributed by atoms with Crippen molar-refractivity contribution in [2.75, 3.05) is 23.4 Å². The molecule has 0 aliphatic carbocycles. The highest BCUT2D eigenvalue weighted by atomic mass is 79.9. The van der Waals surface area contributed by atoms with Crippen LogP contribution in [-0.2, 0) is 16.0 Å². The lowest BCUT2D eigenvalue weighted by atomic mass is 10.3. The fourth-order valence-corrected chi connectivity index (χ4v) is 3.70. The van der Waals surface area contributed by atoms with Crippen molar-refractivity contribution in [3.63, 3.8) is 0 Å². The topological polar surface area (TPSA) is 86.9 Å². The molecule has 0 saturated heterocycles. The van der Waals surface area contributed by atoms with Crippen LogP contribution in [-0.4, -0.2) is 39.8 Å². The van der Waals surface area contributed by atoms with Crippen molar-refractivity contribution < 1.29 is 9.59 Å². The average Bonchev–Trinajstić information content (AvgIpc) is 3.08. The summed E-state index contributed by atoms with van der Waals surface area (Å²) in [6.07, 6.45) is 1.58. The molecule has 6 nitrogen and oxygen atoms in total. The molecule has 0 spiro atoms. The molecule has 3 rings (SSSR count). The van der Waals surface area contributed by atoms with E-state index in [1.165, 1.54) is 11.8 Å². The molecule has 2 aromatic carbocycles. The number of carbonyl (C=O) groups is 2. The maximum Gasteiger partial charge on any atom is 0.234 e. The van der Waals surface area contributed by atoms with Gasteiger partial charge in [-0.3, -0.25) is 9.59 Å². The van der Waals surface area contributed by atoms with Gasteiger partial charge >= 0.3 is 0 Å². The number of nitrogens with one attached hydrogen (secondary N) is 3. The lowest BCUT2D eigenvalue weighted by molar-refractivity contribution is -0.118. The number of thioether (sulfide) groups is 1. The van der Waals surface area contributed by atoms with Crippen LogP contribution in [0.1, 0.15) is 12.2 Å². The highest BCUT2D eigenvalue weighted by Gasteiger charge is 2.07. The molecule has 3 N–H and O–H groups in total. The molecule has 0 atom stereocenters. The Hall–Kier alpha value is -2.32. The van der Waals surface area contributed by atoms with Gasteiger partial charge in [-0.1, -0.05) is 34.1 Å². The van der Waals surface area contributed by atoms with E-state index >= 15 is 0 Å². The number of rotatable bonds is 9. The first-order chi connectivity index (χ1) is 13.6. The van der Waals surface area contributed by atoms with Crippen LogP contribution < -0.4 is 10.6 Å². The summed E-state index contributed by atoms with van der Waals surface area (Å²) in [5.41, 5.74) is 2.72. The van der Waals surface area contributed by atoms with Gasteiger partial charge < -0.3 is 15.6 Å². The molecule has 0 aliphatic rings. The van der Waals surface area contributed by atoms with E-state index in [4.69, 9.17) is 0 Å². The monoisotopic (exact) mass is 460 g/mol. The van der Waals surface area contributed by atoms with Gasteiger partial charge in [0.15, 0.2) is 0 Å². The Balaban J connectivity index is 1.28. The number of hydrogen-bond acceptors (Lipinski definition) is 4. The van der Waals surface area contributed by atoms with Crippen molar-refractivity contribution in [1.29, 1.82) is 0 Å². The smallest absolute Gasteiger partial charge is 0.234 e. The molecule has 146 valence electrons. The van der Waals surface area contributed by atoms with E-state index in [0.717, 1.165) is 39.9 Å². The number of halogens is 1. The Labute approximate surface area is 176 Å². The average molecular weight is 461 g/mol. The van der Waals surface area contributed by atoms with Gasteiger partial charge in [0.1, 0.15) is 5.82 Å². The van der Waals surface area contributed by atoms with Gasteiger partial charge in [0.25, 0.3) is 0 Å². The largest absolute Gasteiger partial charge is 0.355 e. The van der Waals surface area contributed by atoms with Crippen molar-refractivity contribution >= 4 is 56.2 Å². The minimum Gasteiger partial charge on any atom is -0.355 e. The van der Waals surface area contributed by atoms with E-state index in [0.29, 0.717) is 6.54 Å². The van der Waals surface area contributed by atoms with E-state index < -0.39 is 0 Å².